The molecule has 2 amide bonds. The maximum absolute atomic E-state index is 12.9. The lowest BCUT2D eigenvalue weighted by atomic mass is 9.89. The maximum atomic E-state index is 12.9. The molecule has 0 aliphatic carbocycles. The third-order valence-electron chi connectivity index (χ3n) is 5.38. The fourth-order valence-corrected chi connectivity index (χ4v) is 3.82. The lowest BCUT2D eigenvalue weighted by Crippen LogP contribution is -2.73. The third kappa shape index (κ3) is 6.24. The van der Waals surface area contributed by atoms with Crippen LogP contribution in [0.5, 0.6) is 5.75 Å². The van der Waals surface area contributed by atoms with Gasteiger partial charge in [-0.05, 0) is 50.6 Å². The first-order valence-electron chi connectivity index (χ1n) is 11.0. The number of carbonyl (C=O) groups is 2. The van der Waals surface area contributed by atoms with Gasteiger partial charge in [-0.3, -0.25) is 4.79 Å². The van der Waals surface area contributed by atoms with Crippen LogP contribution >= 0.6 is 0 Å². The van der Waals surface area contributed by atoms with Crippen molar-refractivity contribution in [3.8, 4) is 5.75 Å². The molecule has 0 radical (unpaired) electrons. The van der Waals surface area contributed by atoms with Crippen LogP contribution in [0, 0.1) is 0 Å². The van der Waals surface area contributed by atoms with Crippen LogP contribution in [0.2, 0.25) is 0 Å². The minimum absolute atomic E-state index is 0.128. The summed E-state index contributed by atoms with van der Waals surface area (Å²) in [5, 5.41) is 6.33. The molecule has 1 aliphatic heterocycles. The minimum Gasteiger partial charge on any atom is -0.497 e. The number of carbonyl (C=O) groups excluding carboxylic acids is 2. The molecule has 33 heavy (non-hydrogen) atoms. The van der Waals surface area contributed by atoms with E-state index in [1.165, 1.54) is 7.11 Å². The van der Waals surface area contributed by atoms with Gasteiger partial charge < -0.3 is 29.7 Å². The smallest absolute Gasteiger partial charge is 0.407 e. The van der Waals surface area contributed by atoms with Crippen molar-refractivity contribution in [2.75, 3.05) is 25.7 Å². The highest BCUT2D eigenvalue weighted by Gasteiger charge is 2.52. The monoisotopic (exact) mass is 455 g/mol. The number of hydrogen-bond donors (Lipinski definition) is 2. The van der Waals surface area contributed by atoms with E-state index in [0.29, 0.717) is 12.3 Å². The van der Waals surface area contributed by atoms with Gasteiger partial charge in [0.2, 0.25) is 0 Å². The molecule has 3 atom stereocenters. The molecule has 2 N–H and O–H groups in total. The highest BCUT2D eigenvalue weighted by molar-refractivity contribution is 6.05. The van der Waals surface area contributed by atoms with Crippen LogP contribution in [0.1, 0.15) is 26.3 Å². The van der Waals surface area contributed by atoms with Gasteiger partial charge in [-0.15, -0.1) is 0 Å². The normalized spacial score (nSPS) is 18.9. The van der Waals surface area contributed by atoms with Gasteiger partial charge in [-0.1, -0.05) is 30.3 Å². The molecule has 178 valence electrons. The summed E-state index contributed by atoms with van der Waals surface area (Å²) in [6.07, 6.45) is -1.13. The highest BCUT2D eigenvalue weighted by Crippen LogP contribution is 2.33. The first-order chi connectivity index (χ1) is 15.7. The number of alkyl carbamates (subject to hydrolysis) is 1. The summed E-state index contributed by atoms with van der Waals surface area (Å²) in [5.41, 5.74) is 1.23. The number of anilines is 1. The molecule has 1 fully saturated rings. The quantitative estimate of drug-likeness (QED) is 0.565. The average molecular weight is 456 g/mol. The van der Waals surface area contributed by atoms with Crippen LogP contribution in [0.4, 0.5) is 10.5 Å². The summed E-state index contributed by atoms with van der Waals surface area (Å²) in [5.74, 6) is 0.577. The van der Waals surface area contributed by atoms with Crippen molar-refractivity contribution in [2.24, 2.45) is 0 Å². The molecule has 8 nitrogen and oxygen atoms in total. The summed E-state index contributed by atoms with van der Waals surface area (Å²) < 4.78 is 16.2. The van der Waals surface area contributed by atoms with Crippen molar-refractivity contribution in [1.82, 2.24) is 10.6 Å². The number of β-lactam (4-membered cyclic amide) rings is 1. The standard InChI is InChI=1S/C25H33N3O5/c1-25(2,3)33-24(30)27-16-20(26-15-17-9-7-6-8-10-17)21-22(32-5)23(29)28(21)18-11-13-19(31-4)14-12-18/h6-14,20-22,26H,15-16H2,1-5H3,(H,27,30)/t20-,21+,22-/m1/s1. The molecule has 1 saturated heterocycles. The Morgan fingerprint density at radius 2 is 1.73 bits per heavy atom. The zero-order valence-electron chi connectivity index (χ0n) is 19.8. The Balaban J connectivity index is 1.81. The Morgan fingerprint density at radius 1 is 1.06 bits per heavy atom. The van der Waals surface area contributed by atoms with Crippen LogP contribution in [-0.2, 0) is 20.8 Å². The molecule has 0 bridgehead atoms. The Hall–Kier alpha value is -3.10. The molecule has 3 rings (SSSR count). The number of rotatable bonds is 9. The second kappa shape index (κ2) is 10.7. The van der Waals surface area contributed by atoms with Gasteiger partial charge in [0.25, 0.3) is 5.91 Å². The molecule has 1 heterocycles. The second-order valence-electron chi connectivity index (χ2n) is 8.91. The zero-order chi connectivity index (χ0) is 24.0. The topological polar surface area (TPSA) is 89.1 Å². The van der Waals surface area contributed by atoms with Gasteiger partial charge in [0.05, 0.1) is 13.2 Å². The highest BCUT2D eigenvalue weighted by atomic mass is 16.6. The molecule has 0 unspecified atom stereocenters. The van der Waals surface area contributed by atoms with Crippen molar-refractivity contribution >= 4 is 17.7 Å². The SMILES string of the molecule is COc1ccc(N2C(=O)[C@H](OC)[C@@H]2[C@@H](CNC(=O)OC(C)(C)C)NCc2ccccc2)cc1. The van der Waals surface area contributed by atoms with Gasteiger partial charge in [0.1, 0.15) is 11.4 Å². The fraction of sp³-hybridized carbons (Fsp3) is 0.440. The number of nitrogens with one attached hydrogen (secondary N) is 2. The van der Waals surface area contributed by atoms with E-state index in [1.807, 2.05) is 75.4 Å². The van der Waals surface area contributed by atoms with Gasteiger partial charge >= 0.3 is 6.09 Å². The van der Waals surface area contributed by atoms with Crippen LogP contribution in [0.3, 0.4) is 0 Å². The van der Waals surface area contributed by atoms with Crippen molar-refractivity contribution in [2.45, 2.75) is 51.1 Å². The van der Waals surface area contributed by atoms with Gasteiger partial charge in [-0.2, -0.15) is 0 Å². The molecule has 2 aromatic carbocycles. The number of amides is 2. The van der Waals surface area contributed by atoms with Crippen molar-refractivity contribution < 1.29 is 23.8 Å². The maximum Gasteiger partial charge on any atom is 0.407 e. The molecule has 0 spiro atoms. The molecule has 1 aliphatic rings. The molecular formula is C25H33N3O5. The van der Waals surface area contributed by atoms with Gasteiger partial charge in [-0.25, -0.2) is 4.79 Å². The van der Waals surface area contributed by atoms with E-state index in [4.69, 9.17) is 14.2 Å². The molecular weight excluding hydrogens is 422 g/mol. The minimum atomic E-state index is -0.624. The summed E-state index contributed by atoms with van der Waals surface area (Å²) in [6, 6.07) is 16.6. The first kappa shape index (κ1) is 24.5. The van der Waals surface area contributed by atoms with Crippen LogP contribution < -0.4 is 20.3 Å². The van der Waals surface area contributed by atoms with Gasteiger partial charge in [0, 0.05) is 31.9 Å². The van der Waals surface area contributed by atoms with Gasteiger partial charge in [0.15, 0.2) is 6.10 Å². The Morgan fingerprint density at radius 3 is 2.30 bits per heavy atom. The van der Waals surface area contributed by atoms with Crippen molar-refractivity contribution in [1.29, 1.82) is 0 Å². The summed E-state index contributed by atoms with van der Waals surface area (Å²) >= 11 is 0. The average Bonchev–Trinajstić information content (AvgIpc) is 2.78. The number of benzene rings is 2. The van der Waals surface area contributed by atoms with Crippen LogP contribution in [-0.4, -0.2) is 56.6 Å². The number of nitrogens with zero attached hydrogens (tertiary/aromatic N) is 1. The van der Waals surface area contributed by atoms with Crippen molar-refractivity contribution in [3.63, 3.8) is 0 Å². The lowest BCUT2D eigenvalue weighted by molar-refractivity contribution is -0.140. The molecule has 2 aromatic rings. The predicted molar refractivity (Wildman–Crippen MR) is 126 cm³/mol. The summed E-state index contributed by atoms with van der Waals surface area (Å²) in [6.45, 7) is 6.27. The largest absolute Gasteiger partial charge is 0.497 e. The first-order valence-corrected chi connectivity index (χ1v) is 11.0. The Labute approximate surface area is 195 Å². The molecule has 0 aromatic heterocycles. The second-order valence-corrected chi connectivity index (χ2v) is 8.91. The third-order valence-corrected chi connectivity index (χ3v) is 5.38. The lowest BCUT2D eigenvalue weighted by Gasteiger charge is -2.49. The van der Waals surface area contributed by atoms with E-state index in [2.05, 4.69) is 10.6 Å². The van der Waals surface area contributed by atoms with Crippen LogP contribution in [0.15, 0.2) is 54.6 Å². The van der Waals surface area contributed by atoms with E-state index < -0.39 is 17.8 Å². The Bertz CT molecular complexity index is 927. The number of hydrogen-bond acceptors (Lipinski definition) is 6. The van der Waals surface area contributed by atoms with Crippen LogP contribution in [0.25, 0.3) is 0 Å². The zero-order valence-corrected chi connectivity index (χ0v) is 19.8. The van der Waals surface area contributed by atoms with E-state index in [0.717, 1.165) is 11.3 Å². The Kier molecular flexibility index (Phi) is 7.94. The van der Waals surface area contributed by atoms with E-state index in [1.54, 1.807) is 12.0 Å². The van der Waals surface area contributed by atoms with Crippen molar-refractivity contribution in [3.05, 3.63) is 60.2 Å². The number of methoxy groups -OCH3 is 2. The number of ether oxygens (including phenoxy) is 3. The fourth-order valence-electron chi connectivity index (χ4n) is 3.82. The van der Waals surface area contributed by atoms with E-state index >= 15 is 0 Å². The summed E-state index contributed by atoms with van der Waals surface area (Å²) in [7, 11) is 3.12. The summed E-state index contributed by atoms with van der Waals surface area (Å²) in [4.78, 5) is 26.9. The predicted octanol–water partition coefficient (Wildman–Crippen LogP) is 3.11. The molecule has 8 heteroatoms. The van der Waals surface area contributed by atoms with E-state index in [-0.39, 0.29) is 24.5 Å². The molecule has 0 saturated carbocycles. The van der Waals surface area contributed by atoms with E-state index in [9.17, 15) is 9.59 Å².